The van der Waals surface area contributed by atoms with Gasteiger partial charge in [0.05, 0.1) is 12.6 Å². The predicted molar refractivity (Wildman–Crippen MR) is 104 cm³/mol. The van der Waals surface area contributed by atoms with Gasteiger partial charge in [-0.3, -0.25) is 19.2 Å². The molecule has 13 nitrogen and oxygen atoms in total. The van der Waals surface area contributed by atoms with Crippen LogP contribution in [0.5, 0.6) is 0 Å². The second-order valence-electron chi connectivity index (χ2n) is 6.70. The number of aliphatic hydroxyl groups is 1. The number of rotatable bonds is 15. The first-order valence-electron chi connectivity index (χ1n) is 9.45. The van der Waals surface area contributed by atoms with Crippen molar-refractivity contribution in [1.82, 2.24) is 16.0 Å². The minimum atomic E-state index is -1.52. The zero-order valence-electron chi connectivity index (χ0n) is 16.8. The zero-order chi connectivity index (χ0) is 23.3. The van der Waals surface area contributed by atoms with Crippen molar-refractivity contribution in [3.63, 3.8) is 0 Å². The lowest BCUT2D eigenvalue weighted by Crippen LogP contribution is -2.56. The van der Waals surface area contributed by atoms with E-state index in [1.54, 1.807) is 0 Å². The molecule has 0 aromatic carbocycles. The first-order chi connectivity index (χ1) is 14.0. The van der Waals surface area contributed by atoms with Gasteiger partial charge >= 0.3 is 11.9 Å². The maximum atomic E-state index is 12.5. The molecule has 0 aliphatic rings. The highest BCUT2D eigenvalue weighted by Crippen LogP contribution is 2.04. The Kier molecular flexibility index (Phi) is 12.9. The van der Waals surface area contributed by atoms with Crippen LogP contribution >= 0.6 is 0 Å². The molecule has 0 fully saturated rings. The van der Waals surface area contributed by atoms with E-state index in [1.807, 2.05) is 0 Å². The molecule has 13 heteroatoms. The molecular formula is C17H31N5O8. The van der Waals surface area contributed by atoms with Gasteiger partial charge in [-0.05, 0) is 39.2 Å². The van der Waals surface area contributed by atoms with Crippen LogP contribution in [0.2, 0.25) is 0 Å². The fourth-order valence-electron chi connectivity index (χ4n) is 2.31. The van der Waals surface area contributed by atoms with Crippen LogP contribution in [0.25, 0.3) is 0 Å². The maximum absolute atomic E-state index is 12.5. The average molecular weight is 433 g/mol. The number of aliphatic carboxylic acids is 2. The second kappa shape index (κ2) is 14.3. The number of carboxylic acid groups (broad SMARTS) is 2. The quantitative estimate of drug-likeness (QED) is 0.121. The van der Waals surface area contributed by atoms with E-state index in [0.717, 1.165) is 0 Å². The molecule has 0 radical (unpaired) electrons. The highest BCUT2D eigenvalue weighted by Gasteiger charge is 2.28. The third-order valence-electron chi connectivity index (χ3n) is 4.14. The largest absolute Gasteiger partial charge is 0.481 e. The monoisotopic (exact) mass is 433 g/mol. The smallest absolute Gasteiger partial charge is 0.328 e. The number of hydrogen-bond acceptors (Lipinski definition) is 8. The van der Waals surface area contributed by atoms with Crippen molar-refractivity contribution in [2.75, 3.05) is 13.2 Å². The van der Waals surface area contributed by atoms with Crippen LogP contribution in [0, 0.1) is 0 Å². The van der Waals surface area contributed by atoms with E-state index >= 15 is 0 Å². The van der Waals surface area contributed by atoms with Crippen LogP contribution in [0.1, 0.15) is 39.0 Å². The van der Waals surface area contributed by atoms with E-state index in [2.05, 4.69) is 16.0 Å². The van der Waals surface area contributed by atoms with Crippen molar-refractivity contribution < 1.29 is 39.3 Å². The molecule has 0 heterocycles. The van der Waals surface area contributed by atoms with Crippen LogP contribution in [-0.4, -0.2) is 82.3 Å². The standard InChI is InChI=1S/C17H31N5O8/c1-9(14(26)22-12(8-23)17(29)30)20-16(28)11(4-2-3-7-18)21-15(27)10(19)5-6-13(24)25/h9-12,23H,2-8,18-19H2,1H3,(H,20,28)(H,21,27)(H,22,26)(H,24,25)(H,29,30). The van der Waals surface area contributed by atoms with Gasteiger partial charge < -0.3 is 42.7 Å². The Bertz CT molecular complexity index is 615. The normalized spacial score (nSPS) is 14.7. The molecule has 0 aromatic heterocycles. The number of carboxylic acids is 2. The van der Waals surface area contributed by atoms with Crippen LogP contribution < -0.4 is 27.4 Å². The molecule has 0 saturated heterocycles. The fraction of sp³-hybridized carbons (Fsp3) is 0.706. The van der Waals surface area contributed by atoms with Gasteiger partial charge in [-0.15, -0.1) is 0 Å². The Hall–Kier alpha value is -2.77. The summed E-state index contributed by atoms with van der Waals surface area (Å²) in [6.07, 6.45) is 0.840. The molecule has 10 N–H and O–H groups in total. The minimum absolute atomic E-state index is 0.116. The van der Waals surface area contributed by atoms with Gasteiger partial charge in [0.1, 0.15) is 18.1 Å². The highest BCUT2D eigenvalue weighted by molar-refractivity contribution is 5.93. The third kappa shape index (κ3) is 10.7. The molecule has 0 spiro atoms. The van der Waals surface area contributed by atoms with Crippen molar-refractivity contribution in [1.29, 1.82) is 0 Å². The number of unbranched alkanes of at least 4 members (excludes halogenated alkanes) is 1. The topological polar surface area (TPSA) is 234 Å². The van der Waals surface area contributed by atoms with Gasteiger partial charge in [0.2, 0.25) is 17.7 Å². The first-order valence-corrected chi connectivity index (χ1v) is 9.45. The van der Waals surface area contributed by atoms with E-state index in [9.17, 15) is 24.0 Å². The van der Waals surface area contributed by atoms with Crippen LogP contribution in [-0.2, 0) is 24.0 Å². The number of aliphatic hydroxyl groups excluding tert-OH is 1. The first kappa shape index (κ1) is 27.2. The third-order valence-corrected chi connectivity index (χ3v) is 4.14. The molecule has 3 amide bonds. The number of amides is 3. The van der Waals surface area contributed by atoms with Crippen LogP contribution in [0.4, 0.5) is 0 Å². The fourth-order valence-corrected chi connectivity index (χ4v) is 2.31. The van der Waals surface area contributed by atoms with Crippen LogP contribution in [0.3, 0.4) is 0 Å². The van der Waals surface area contributed by atoms with Crippen molar-refractivity contribution in [3.8, 4) is 0 Å². The summed E-state index contributed by atoms with van der Waals surface area (Å²) in [5.74, 6) is -4.81. The van der Waals surface area contributed by atoms with Crippen molar-refractivity contribution >= 4 is 29.7 Å². The Morgan fingerprint density at radius 3 is 1.97 bits per heavy atom. The lowest BCUT2D eigenvalue weighted by molar-refractivity contribution is -0.143. The molecule has 0 aliphatic heterocycles. The summed E-state index contributed by atoms with van der Waals surface area (Å²) >= 11 is 0. The SMILES string of the molecule is CC(NC(=O)C(CCCCN)NC(=O)C(N)CCC(=O)O)C(=O)NC(CO)C(=O)O. The molecule has 0 bridgehead atoms. The van der Waals surface area contributed by atoms with Crippen LogP contribution in [0.15, 0.2) is 0 Å². The number of hydrogen-bond donors (Lipinski definition) is 8. The average Bonchev–Trinajstić information content (AvgIpc) is 2.68. The molecule has 0 rings (SSSR count). The molecule has 30 heavy (non-hydrogen) atoms. The van der Waals surface area contributed by atoms with E-state index in [4.69, 9.17) is 26.8 Å². The van der Waals surface area contributed by atoms with Crippen molar-refractivity contribution in [3.05, 3.63) is 0 Å². The van der Waals surface area contributed by atoms with Gasteiger partial charge in [-0.2, -0.15) is 0 Å². The van der Waals surface area contributed by atoms with E-state index < -0.39 is 60.4 Å². The number of nitrogens with two attached hydrogens (primary N) is 2. The van der Waals surface area contributed by atoms with Gasteiger partial charge in [-0.1, -0.05) is 0 Å². The minimum Gasteiger partial charge on any atom is -0.481 e. The molecular weight excluding hydrogens is 402 g/mol. The lowest BCUT2D eigenvalue weighted by Gasteiger charge is -2.23. The molecule has 0 aliphatic carbocycles. The van der Waals surface area contributed by atoms with E-state index in [0.29, 0.717) is 19.4 Å². The van der Waals surface area contributed by atoms with Crippen molar-refractivity contribution in [2.24, 2.45) is 11.5 Å². The number of carbonyl (C=O) groups excluding carboxylic acids is 3. The van der Waals surface area contributed by atoms with Gasteiger partial charge in [-0.25, -0.2) is 4.79 Å². The van der Waals surface area contributed by atoms with Gasteiger partial charge in [0.25, 0.3) is 0 Å². The van der Waals surface area contributed by atoms with Gasteiger partial charge in [0, 0.05) is 6.42 Å². The van der Waals surface area contributed by atoms with Crippen molar-refractivity contribution in [2.45, 2.75) is 63.2 Å². The number of carbonyl (C=O) groups is 5. The summed E-state index contributed by atoms with van der Waals surface area (Å²) in [5, 5.41) is 33.4. The molecule has 172 valence electrons. The predicted octanol–water partition coefficient (Wildman–Crippen LogP) is -3.14. The lowest BCUT2D eigenvalue weighted by atomic mass is 10.1. The Balaban J connectivity index is 4.98. The number of nitrogens with one attached hydrogen (secondary N) is 3. The van der Waals surface area contributed by atoms with E-state index in [-0.39, 0.29) is 19.3 Å². The second-order valence-corrected chi connectivity index (χ2v) is 6.70. The Morgan fingerprint density at radius 1 is 0.867 bits per heavy atom. The molecule has 0 aromatic rings. The maximum Gasteiger partial charge on any atom is 0.328 e. The molecule has 4 atom stereocenters. The summed E-state index contributed by atoms with van der Waals surface area (Å²) in [7, 11) is 0. The summed E-state index contributed by atoms with van der Waals surface area (Å²) < 4.78 is 0. The summed E-state index contributed by atoms with van der Waals surface area (Å²) in [6, 6.07) is -4.86. The molecule has 4 unspecified atom stereocenters. The highest BCUT2D eigenvalue weighted by atomic mass is 16.4. The Labute approximate surface area is 173 Å². The summed E-state index contributed by atoms with van der Waals surface area (Å²) in [4.78, 5) is 58.2. The molecule has 0 saturated carbocycles. The Morgan fingerprint density at radius 2 is 1.47 bits per heavy atom. The summed E-state index contributed by atoms with van der Waals surface area (Å²) in [6.45, 7) is 0.853. The zero-order valence-corrected chi connectivity index (χ0v) is 16.8. The van der Waals surface area contributed by atoms with E-state index in [1.165, 1.54) is 6.92 Å². The van der Waals surface area contributed by atoms with Gasteiger partial charge in [0.15, 0.2) is 0 Å². The summed E-state index contributed by atoms with van der Waals surface area (Å²) in [5.41, 5.74) is 11.1.